The summed E-state index contributed by atoms with van der Waals surface area (Å²) >= 11 is 0. The molecule has 4 nitrogen and oxygen atoms in total. The van der Waals surface area contributed by atoms with Crippen LogP contribution in [0, 0.1) is 5.92 Å². The van der Waals surface area contributed by atoms with Gasteiger partial charge in [0.15, 0.2) is 11.6 Å². The molecule has 0 saturated carbocycles. The summed E-state index contributed by atoms with van der Waals surface area (Å²) in [5.41, 5.74) is 9.17. The van der Waals surface area contributed by atoms with Crippen LogP contribution < -0.4 is 5.73 Å². The normalized spacial score (nSPS) is 22.0. The quantitative estimate of drug-likeness (QED) is 0.804. The summed E-state index contributed by atoms with van der Waals surface area (Å²) in [6, 6.07) is 7.50. The van der Waals surface area contributed by atoms with Gasteiger partial charge < -0.3 is 5.73 Å². The summed E-state index contributed by atoms with van der Waals surface area (Å²) in [7, 11) is 0. The molecule has 0 radical (unpaired) electrons. The van der Waals surface area contributed by atoms with Gasteiger partial charge in [-0.15, -0.1) is 0 Å². The van der Waals surface area contributed by atoms with Crippen molar-refractivity contribution in [2.24, 2.45) is 11.7 Å². The molecular weight excluding hydrogens is 290 g/mol. The lowest BCUT2D eigenvalue weighted by atomic mass is 9.73. The molecule has 0 spiro atoms. The van der Waals surface area contributed by atoms with Crippen molar-refractivity contribution in [1.29, 1.82) is 0 Å². The summed E-state index contributed by atoms with van der Waals surface area (Å²) in [6.45, 7) is 0. The fourth-order valence-corrected chi connectivity index (χ4v) is 3.36. The van der Waals surface area contributed by atoms with Crippen LogP contribution in [-0.2, 0) is 16.0 Å². The Balaban J connectivity index is 1.84. The van der Waals surface area contributed by atoms with Gasteiger partial charge in [0, 0.05) is 11.1 Å². The summed E-state index contributed by atoms with van der Waals surface area (Å²) < 4.78 is 0. The Morgan fingerprint density at radius 1 is 1.13 bits per heavy atom. The highest BCUT2D eigenvalue weighted by Gasteiger charge is 2.35. The Kier molecular flexibility index (Phi) is 2.81. The van der Waals surface area contributed by atoms with Crippen molar-refractivity contribution in [3.05, 3.63) is 82.0 Å². The molecule has 3 aliphatic rings. The Labute approximate surface area is 132 Å². The fraction of sp³-hybridized carbons (Fsp3) is 0.105. The van der Waals surface area contributed by atoms with Gasteiger partial charge in [-0.05, 0) is 29.2 Å². The highest BCUT2D eigenvalue weighted by molar-refractivity contribution is 6.23. The molecule has 1 amide bonds. The predicted octanol–water partition coefficient (Wildman–Crippen LogP) is 1.83. The van der Waals surface area contributed by atoms with E-state index in [4.69, 9.17) is 5.73 Å². The molecule has 1 unspecified atom stereocenters. The predicted molar refractivity (Wildman–Crippen MR) is 84.5 cm³/mol. The van der Waals surface area contributed by atoms with Gasteiger partial charge in [-0.25, -0.2) is 0 Å². The zero-order valence-electron chi connectivity index (χ0n) is 12.2. The van der Waals surface area contributed by atoms with Crippen molar-refractivity contribution in [3.8, 4) is 0 Å². The molecule has 4 heteroatoms. The number of hydrogen-bond acceptors (Lipinski definition) is 3. The smallest absolute Gasteiger partial charge is 0.252 e. The highest BCUT2D eigenvalue weighted by atomic mass is 16.2. The molecule has 0 bridgehead atoms. The molecule has 3 aliphatic carbocycles. The van der Waals surface area contributed by atoms with Crippen LogP contribution in [0.2, 0.25) is 0 Å². The van der Waals surface area contributed by atoms with Crippen molar-refractivity contribution < 1.29 is 14.4 Å². The van der Waals surface area contributed by atoms with E-state index < -0.39 is 11.8 Å². The van der Waals surface area contributed by atoms with E-state index >= 15 is 0 Å². The lowest BCUT2D eigenvalue weighted by Gasteiger charge is -2.28. The monoisotopic (exact) mass is 303 g/mol. The molecule has 0 heterocycles. The molecule has 1 aromatic rings. The first kappa shape index (κ1) is 13.6. The second-order valence-electron chi connectivity index (χ2n) is 5.87. The van der Waals surface area contributed by atoms with Crippen LogP contribution in [0.25, 0.3) is 0 Å². The van der Waals surface area contributed by atoms with Gasteiger partial charge in [0.2, 0.25) is 0 Å². The summed E-state index contributed by atoms with van der Waals surface area (Å²) in [5.74, 6) is -1.75. The molecule has 1 aromatic carbocycles. The van der Waals surface area contributed by atoms with Crippen molar-refractivity contribution in [2.45, 2.75) is 6.42 Å². The molecule has 1 atom stereocenters. The van der Waals surface area contributed by atoms with Crippen LogP contribution in [0.1, 0.15) is 15.9 Å². The second kappa shape index (κ2) is 4.74. The number of amides is 1. The minimum absolute atomic E-state index is 0.0175. The molecule has 23 heavy (non-hydrogen) atoms. The molecule has 0 aliphatic heterocycles. The first-order valence-electron chi connectivity index (χ1n) is 7.37. The van der Waals surface area contributed by atoms with Crippen LogP contribution in [0.5, 0.6) is 0 Å². The van der Waals surface area contributed by atoms with E-state index in [9.17, 15) is 14.4 Å². The van der Waals surface area contributed by atoms with Crippen LogP contribution in [0.3, 0.4) is 0 Å². The lowest BCUT2D eigenvalue weighted by molar-refractivity contribution is -0.121. The molecule has 4 rings (SSSR count). The largest absolute Gasteiger partial charge is 0.365 e. The topological polar surface area (TPSA) is 77.2 Å². The number of primary amides is 1. The van der Waals surface area contributed by atoms with E-state index in [1.165, 1.54) is 6.08 Å². The maximum absolute atomic E-state index is 12.7. The van der Waals surface area contributed by atoms with E-state index in [0.29, 0.717) is 17.6 Å². The first-order chi connectivity index (χ1) is 11.1. The van der Waals surface area contributed by atoms with Gasteiger partial charge in [-0.1, -0.05) is 42.5 Å². The van der Waals surface area contributed by atoms with Gasteiger partial charge >= 0.3 is 0 Å². The number of carbonyl (C=O) groups excluding carboxylic acids is 3. The first-order valence-corrected chi connectivity index (χ1v) is 7.37. The Morgan fingerprint density at radius 2 is 1.91 bits per heavy atom. The average Bonchev–Trinajstić information content (AvgIpc) is 2.54. The Hall–Kier alpha value is -3.01. The van der Waals surface area contributed by atoms with E-state index in [-0.39, 0.29) is 17.1 Å². The van der Waals surface area contributed by atoms with Crippen molar-refractivity contribution in [2.75, 3.05) is 0 Å². The number of hydrogen-bond donors (Lipinski definition) is 1. The number of Topliss-reactive ketones (excluding diaryl/α,β-unsaturated/α-hetero) is 2. The standard InChI is InChI=1S/C19H13NO3/c20-19(23)14-6-5-11-8-12-7-10-3-1-2-4-13(10)17(21)16(12)9-15(11)18(14)22/h1-6,8-9,15H,7H2,(H2,20,23). The number of carbonyl (C=O) groups is 3. The number of nitrogens with two attached hydrogens (primary N) is 1. The molecule has 2 N–H and O–H groups in total. The van der Waals surface area contributed by atoms with Crippen LogP contribution in [0.4, 0.5) is 0 Å². The van der Waals surface area contributed by atoms with Crippen molar-refractivity contribution >= 4 is 17.5 Å². The van der Waals surface area contributed by atoms with Crippen molar-refractivity contribution in [1.82, 2.24) is 0 Å². The average molecular weight is 303 g/mol. The zero-order chi connectivity index (χ0) is 16.1. The Bertz CT molecular complexity index is 912. The molecule has 112 valence electrons. The third-order valence-electron chi connectivity index (χ3n) is 4.52. The fourth-order valence-electron chi connectivity index (χ4n) is 3.36. The summed E-state index contributed by atoms with van der Waals surface area (Å²) in [6.07, 6.45) is 7.43. The van der Waals surface area contributed by atoms with Gasteiger partial charge in [-0.3, -0.25) is 14.4 Å². The minimum Gasteiger partial charge on any atom is -0.365 e. The number of fused-ring (bicyclic) bond motifs is 3. The van der Waals surface area contributed by atoms with Crippen LogP contribution in [-0.4, -0.2) is 17.5 Å². The third kappa shape index (κ3) is 1.95. The van der Waals surface area contributed by atoms with Gasteiger partial charge in [0.1, 0.15) is 0 Å². The van der Waals surface area contributed by atoms with Gasteiger partial charge in [-0.2, -0.15) is 0 Å². The number of benzene rings is 1. The van der Waals surface area contributed by atoms with E-state index in [2.05, 4.69) is 0 Å². The molecule has 0 aromatic heterocycles. The number of allylic oxidation sites excluding steroid dienone is 7. The van der Waals surface area contributed by atoms with Crippen LogP contribution >= 0.6 is 0 Å². The maximum atomic E-state index is 12.7. The highest BCUT2D eigenvalue weighted by Crippen LogP contribution is 2.38. The SMILES string of the molecule is NC(=O)C1=CC=C2C=C3Cc4ccccc4C(=O)C3=CC2C1=O. The number of ketones is 2. The van der Waals surface area contributed by atoms with Gasteiger partial charge in [0.05, 0.1) is 11.5 Å². The maximum Gasteiger partial charge on any atom is 0.252 e. The zero-order valence-corrected chi connectivity index (χ0v) is 12.2. The van der Waals surface area contributed by atoms with Gasteiger partial charge in [0.25, 0.3) is 5.91 Å². The van der Waals surface area contributed by atoms with E-state index in [1.54, 1.807) is 18.2 Å². The lowest BCUT2D eigenvalue weighted by Crippen LogP contribution is -2.31. The summed E-state index contributed by atoms with van der Waals surface area (Å²) in [4.78, 5) is 36.5. The molecule has 0 saturated heterocycles. The second-order valence-corrected chi connectivity index (χ2v) is 5.87. The van der Waals surface area contributed by atoms with Crippen molar-refractivity contribution in [3.63, 3.8) is 0 Å². The minimum atomic E-state index is -0.737. The summed E-state index contributed by atoms with van der Waals surface area (Å²) in [5, 5.41) is 0. The van der Waals surface area contributed by atoms with E-state index in [0.717, 1.165) is 16.7 Å². The molecular formula is C19H13NO3. The van der Waals surface area contributed by atoms with E-state index in [1.807, 2.05) is 24.3 Å². The third-order valence-corrected chi connectivity index (χ3v) is 4.52. The van der Waals surface area contributed by atoms with Crippen LogP contribution in [0.15, 0.2) is 70.9 Å². The number of rotatable bonds is 1. The Morgan fingerprint density at radius 3 is 2.70 bits per heavy atom. The molecule has 0 fully saturated rings.